The van der Waals surface area contributed by atoms with Gasteiger partial charge in [-0.15, -0.1) is 0 Å². The van der Waals surface area contributed by atoms with Gasteiger partial charge in [0.15, 0.2) is 0 Å². The first kappa shape index (κ1) is 15.6. The van der Waals surface area contributed by atoms with Crippen LogP contribution in [-0.4, -0.2) is 34.0 Å². The Kier molecular flexibility index (Phi) is 5.80. The molecule has 21 heavy (non-hydrogen) atoms. The second-order valence-electron chi connectivity index (χ2n) is 5.42. The van der Waals surface area contributed by atoms with Gasteiger partial charge in [-0.05, 0) is 28.3 Å². The molecule has 0 aromatic carbocycles. The van der Waals surface area contributed by atoms with E-state index in [0.717, 1.165) is 12.4 Å². The zero-order chi connectivity index (χ0) is 15.1. The van der Waals surface area contributed by atoms with Gasteiger partial charge < -0.3 is 15.2 Å². The van der Waals surface area contributed by atoms with E-state index in [-0.39, 0.29) is 6.03 Å². The molecule has 0 bridgehead atoms. The van der Waals surface area contributed by atoms with Gasteiger partial charge in [0.25, 0.3) is 0 Å². The molecule has 2 aromatic heterocycles. The van der Waals surface area contributed by atoms with Gasteiger partial charge in [0, 0.05) is 38.4 Å². The van der Waals surface area contributed by atoms with Crippen LogP contribution in [0.3, 0.4) is 0 Å². The molecular weight excluding hydrogens is 284 g/mol. The third-order valence-electron chi connectivity index (χ3n) is 3.02. The lowest BCUT2D eigenvalue weighted by atomic mass is 10.2. The molecule has 0 unspecified atom stereocenters. The van der Waals surface area contributed by atoms with Crippen LogP contribution >= 0.6 is 11.3 Å². The third-order valence-corrected chi connectivity index (χ3v) is 3.75. The molecule has 2 aromatic rings. The monoisotopic (exact) mass is 306 g/mol. The van der Waals surface area contributed by atoms with Gasteiger partial charge in [-0.25, -0.2) is 9.78 Å². The minimum Gasteiger partial charge on any atom is -0.349 e. The largest absolute Gasteiger partial charge is 0.349 e. The molecule has 0 aliphatic heterocycles. The molecule has 114 valence electrons. The average Bonchev–Trinajstić information content (AvgIpc) is 3.10. The molecule has 0 aliphatic rings. The summed E-state index contributed by atoms with van der Waals surface area (Å²) in [6, 6.07) is 2.05. The van der Waals surface area contributed by atoms with Crippen LogP contribution in [0.1, 0.15) is 25.2 Å². The number of amides is 2. The lowest BCUT2D eigenvalue weighted by Crippen LogP contribution is -2.42. The first-order chi connectivity index (χ1) is 10.1. The Labute approximate surface area is 129 Å². The second kappa shape index (κ2) is 7.83. The number of carbonyl (C=O) groups is 1. The molecule has 0 saturated heterocycles. The zero-order valence-electron chi connectivity index (χ0n) is 12.5. The van der Waals surface area contributed by atoms with E-state index in [4.69, 9.17) is 0 Å². The number of nitrogens with one attached hydrogen (secondary N) is 2. The van der Waals surface area contributed by atoms with E-state index < -0.39 is 0 Å². The van der Waals surface area contributed by atoms with Crippen molar-refractivity contribution in [1.29, 1.82) is 0 Å². The Hall–Kier alpha value is -1.82. The lowest BCUT2D eigenvalue weighted by molar-refractivity contribution is 0.188. The summed E-state index contributed by atoms with van der Waals surface area (Å²) in [5.74, 6) is 1.34. The van der Waals surface area contributed by atoms with Crippen molar-refractivity contribution in [3.63, 3.8) is 0 Å². The van der Waals surface area contributed by atoms with Crippen molar-refractivity contribution in [2.75, 3.05) is 13.1 Å². The van der Waals surface area contributed by atoms with Crippen molar-refractivity contribution in [1.82, 2.24) is 20.2 Å². The lowest BCUT2D eigenvalue weighted by Gasteiger charge is -2.24. The summed E-state index contributed by atoms with van der Waals surface area (Å²) >= 11 is 1.66. The summed E-state index contributed by atoms with van der Waals surface area (Å²) in [5, 5.41) is 7.10. The number of nitrogens with zero attached hydrogens (tertiary/aromatic N) is 2. The smallest absolute Gasteiger partial charge is 0.317 e. The summed E-state index contributed by atoms with van der Waals surface area (Å²) in [6.07, 6.45) is 4.23. The number of hydrogen-bond donors (Lipinski definition) is 2. The highest BCUT2D eigenvalue weighted by Gasteiger charge is 2.15. The summed E-state index contributed by atoms with van der Waals surface area (Å²) in [7, 11) is 0. The summed E-state index contributed by atoms with van der Waals surface area (Å²) < 4.78 is 0. The number of aromatic amines is 1. The number of imidazole rings is 1. The summed E-state index contributed by atoms with van der Waals surface area (Å²) in [5.41, 5.74) is 1.18. The zero-order valence-corrected chi connectivity index (χ0v) is 13.3. The molecule has 2 N–H and O–H groups in total. The van der Waals surface area contributed by atoms with Gasteiger partial charge >= 0.3 is 6.03 Å². The Morgan fingerprint density at radius 1 is 1.52 bits per heavy atom. The minimum absolute atomic E-state index is 0.0125. The van der Waals surface area contributed by atoms with Crippen LogP contribution < -0.4 is 5.32 Å². The second-order valence-corrected chi connectivity index (χ2v) is 6.20. The predicted molar refractivity (Wildman–Crippen MR) is 85.3 cm³/mol. The third kappa shape index (κ3) is 5.23. The molecule has 0 radical (unpaired) electrons. The number of rotatable bonds is 7. The molecule has 5 nitrogen and oxygen atoms in total. The maximum Gasteiger partial charge on any atom is 0.317 e. The Morgan fingerprint density at radius 2 is 2.38 bits per heavy atom. The highest BCUT2D eigenvalue weighted by molar-refractivity contribution is 7.07. The van der Waals surface area contributed by atoms with Crippen LogP contribution in [0.5, 0.6) is 0 Å². The van der Waals surface area contributed by atoms with Crippen LogP contribution in [0.4, 0.5) is 4.79 Å². The molecule has 0 aliphatic carbocycles. The number of thiophene rings is 1. The van der Waals surface area contributed by atoms with Gasteiger partial charge in [0.05, 0.1) is 0 Å². The molecule has 2 amide bonds. The molecule has 0 atom stereocenters. The topological polar surface area (TPSA) is 61.0 Å². The molecular formula is C15H22N4OS. The van der Waals surface area contributed by atoms with Gasteiger partial charge in [0.2, 0.25) is 0 Å². The normalized spacial score (nSPS) is 10.8. The van der Waals surface area contributed by atoms with Gasteiger partial charge in [-0.1, -0.05) is 13.8 Å². The van der Waals surface area contributed by atoms with Crippen LogP contribution in [0, 0.1) is 5.92 Å². The number of carbonyl (C=O) groups excluding carboxylic acids is 1. The SMILES string of the molecule is CC(C)CN(Cc1ccsc1)C(=O)NCCc1ncc[nH]1. The van der Waals surface area contributed by atoms with Crippen molar-refractivity contribution in [2.45, 2.75) is 26.8 Å². The van der Waals surface area contributed by atoms with Crippen molar-refractivity contribution >= 4 is 17.4 Å². The number of hydrogen-bond acceptors (Lipinski definition) is 3. The van der Waals surface area contributed by atoms with Gasteiger partial charge in [-0.3, -0.25) is 0 Å². The van der Waals surface area contributed by atoms with E-state index in [9.17, 15) is 4.79 Å². The Balaban J connectivity index is 1.84. The fourth-order valence-corrected chi connectivity index (χ4v) is 2.76. The average molecular weight is 306 g/mol. The molecule has 2 rings (SSSR count). The van der Waals surface area contributed by atoms with Crippen LogP contribution in [-0.2, 0) is 13.0 Å². The maximum atomic E-state index is 12.3. The highest BCUT2D eigenvalue weighted by atomic mass is 32.1. The van der Waals surface area contributed by atoms with Crippen LogP contribution in [0.25, 0.3) is 0 Å². The first-order valence-electron chi connectivity index (χ1n) is 7.17. The number of urea groups is 1. The summed E-state index contributed by atoms with van der Waals surface area (Å²) in [4.78, 5) is 21.4. The fourth-order valence-electron chi connectivity index (χ4n) is 2.10. The van der Waals surface area contributed by atoms with E-state index in [2.05, 4.69) is 40.6 Å². The molecule has 6 heteroatoms. The number of H-pyrrole nitrogens is 1. The molecule has 2 heterocycles. The quantitative estimate of drug-likeness (QED) is 0.826. The van der Waals surface area contributed by atoms with Crippen LogP contribution in [0.2, 0.25) is 0 Å². The standard InChI is InChI=1S/C15H22N4OS/c1-12(2)9-19(10-13-4-8-21-11-13)15(20)18-5-3-14-16-6-7-17-14/h4,6-8,11-12H,3,5,9-10H2,1-2H3,(H,16,17)(H,18,20). The van der Waals surface area contributed by atoms with E-state index in [1.807, 2.05) is 10.3 Å². The van der Waals surface area contributed by atoms with Gasteiger partial charge in [-0.2, -0.15) is 11.3 Å². The highest BCUT2D eigenvalue weighted by Crippen LogP contribution is 2.11. The van der Waals surface area contributed by atoms with E-state index in [1.165, 1.54) is 5.56 Å². The maximum absolute atomic E-state index is 12.3. The number of aromatic nitrogens is 2. The van der Waals surface area contributed by atoms with E-state index >= 15 is 0 Å². The first-order valence-corrected chi connectivity index (χ1v) is 8.11. The van der Waals surface area contributed by atoms with Crippen molar-refractivity contribution in [2.24, 2.45) is 5.92 Å². The van der Waals surface area contributed by atoms with E-state index in [0.29, 0.717) is 25.4 Å². The van der Waals surface area contributed by atoms with Crippen molar-refractivity contribution in [3.8, 4) is 0 Å². The van der Waals surface area contributed by atoms with Crippen molar-refractivity contribution in [3.05, 3.63) is 40.6 Å². The van der Waals surface area contributed by atoms with Crippen LogP contribution in [0.15, 0.2) is 29.2 Å². The predicted octanol–water partition coefficient (Wildman–Crippen LogP) is 2.88. The van der Waals surface area contributed by atoms with Crippen molar-refractivity contribution < 1.29 is 4.79 Å². The Morgan fingerprint density at radius 3 is 3.00 bits per heavy atom. The fraction of sp³-hybridized carbons (Fsp3) is 0.467. The molecule has 0 saturated carbocycles. The molecule has 0 spiro atoms. The minimum atomic E-state index is -0.0125. The summed E-state index contributed by atoms with van der Waals surface area (Å²) in [6.45, 7) is 6.24. The Bertz CT molecular complexity index is 522. The van der Waals surface area contributed by atoms with Gasteiger partial charge in [0.1, 0.15) is 5.82 Å². The van der Waals surface area contributed by atoms with E-state index in [1.54, 1.807) is 23.7 Å². The molecule has 0 fully saturated rings.